The van der Waals surface area contributed by atoms with Gasteiger partial charge >= 0.3 is 11.9 Å². The van der Waals surface area contributed by atoms with E-state index in [-0.39, 0.29) is 61.9 Å². The number of aromatic hydroxyl groups is 1. The van der Waals surface area contributed by atoms with Crippen LogP contribution in [0.15, 0.2) is 52.5 Å². The number of nitrogens with one attached hydrogen (secondary N) is 1. The molecule has 15 nitrogen and oxygen atoms in total. The second-order valence-electron chi connectivity index (χ2n) is 14.7. The summed E-state index contributed by atoms with van der Waals surface area (Å²) < 4.78 is 22.3. The van der Waals surface area contributed by atoms with Gasteiger partial charge in [0.1, 0.15) is 28.8 Å². The number of hydrogen-bond donors (Lipinski definition) is 7. The van der Waals surface area contributed by atoms with Gasteiger partial charge in [0.05, 0.1) is 48.3 Å². The van der Waals surface area contributed by atoms with Crippen molar-refractivity contribution in [3.8, 4) is 11.5 Å². The van der Waals surface area contributed by atoms with Crippen LogP contribution in [0.1, 0.15) is 76.9 Å². The minimum absolute atomic E-state index is 0.00256. The molecule has 0 fully saturated rings. The van der Waals surface area contributed by atoms with Gasteiger partial charge in [-0.15, -0.1) is 0 Å². The minimum Gasteiger partial charge on any atom is -0.505 e. The third-order valence-electron chi connectivity index (χ3n) is 10.6. The summed E-state index contributed by atoms with van der Waals surface area (Å²) in [6, 6.07) is 0. The second-order valence-corrected chi connectivity index (χ2v) is 14.7. The normalized spacial score (nSPS) is 33.3. The van der Waals surface area contributed by atoms with Gasteiger partial charge in [0, 0.05) is 47.0 Å². The van der Waals surface area contributed by atoms with Crippen molar-refractivity contribution in [3.63, 3.8) is 0 Å². The number of fused-ring (bicyclic) bond motifs is 14. The first-order chi connectivity index (χ1) is 25.6. The Kier molecular flexibility index (Phi) is 12.9. The highest BCUT2D eigenvalue weighted by atomic mass is 16.7. The smallest absolute Gasteiger partial charge is 0.313 e. The van der Waals surface area contributed by atoms with Crippen molar-refractivity contribution >= 4 is 34.9 Å². The van der Waals surface area contributed by atoms with Crippen LogP contribution in [0.3, 0.4) is 0 Å². The standard InChI is InChI=1S/C40H51NO14/c1-16-12-11-13-17(2)38(49)41-28-19(4)36(55-23(8)42)24-25(33(28)47)31(45)21(6)35-26(24)34(53-15-54-35)18(3)14-40(9,51)37(48)22(7)32(46)27(39(50)52-10)30(44)20(5)29(16)43/h11-14,16,20,22,27,29-30,32,37,43-44,46-48,51H,15H2,1-10H3,(H,41,49)/b12-11-,17-13+,18-14+/t16-,20-,22+,27-,29+,30-,32-,37+,40+/m1/s1. The molecule has 300 valence electrons. The number of ether oxygens (including phenoxy) is 4. The summed E-state index contributed by atoms with van der Waals surface area (Å²) in [7, 11) is 1.06. The first kappa shape index (κ1) is 42.9. The number of anilines is 1. The lowest BCUT2D eigenvalue weighted by atomic mass is 9.75. The number of aliphatic hydroxyl groups is 5. The van der Waals surface area contributed by atoms with Crippen LogP contribution < -0.4 is 10.1 Å². The van der Waals surface area contributed by atoms with Crippen molar-refractivity contribution in [1.29, 1.82) is 0 Å². The molecule has 0 radical (unpaired) electrons. The van der Waals surface area contributed by atoms with Crippen LogP contribution in [0.2, 0.25) is 0 Å². The molecule has 5 rings (SSSR count). The number of ketones is 1. The SMILES string of the molecule is COC(=O)[C@@H]1[C@H](O)[C@H](C)[C@@H](O)[C@H](C)/C=C\C=C(/C)C(=O)Nc2c(C)c(OC(C)=O)c3c(c2O)C(=O)C(C)=C2OCOC(=C23)/C(C)=C/[C@](C)(O)[C@@H](O)[C@@H](C)[C@H]1O. The molecule has 4 aliphatic rings. The lowest BCUT2D eigenvalue weighted by Gasteiger charge is -2.39. The van der Waals surface area contributed by atoms with E-state index in [9.17, 15) is 49.8 Å². The van der Waals surface area contributed by atoms with Gasteiger partial charge in [0.25, 0.3) is 5.91 Å². The number of allylic oxidation sites excluding steroid dienone is 5. The molecule has 0 spiro atoms. The summed E-state index contributed by atoms with van der Waals surface area (Å²) in [5, 5.41) is 71.8. The fourth-order valence-electron chi connectivity index (χ4n) is 7.28. The van der Waals surface area contributed by atoms with E-state index >= 15 is 0 Å². The van der Waals surface area contributed by atoms with Crippen molar-refractivity contribution in [1.82, 2.24) is 0 Å². The maximum absolute atomic E-state index is 14.0. The van der Waals surface area contributed by atoms with Gasteiger partial charge in [-0.05, 0) is 46.3 Å². The van der Waals surface area contributed by atoms with Crippen LogP contribution in [0.4, 0.5) is 5.69 Å². The molecule has 9 atom stereocenters. The van der Waals surface area contributed by atoms with E-state index in [0.29, 0.717) is 0 Å². The Morgan fingerprint density at radius 1 is 0.909 bits per heavy atom. The third kappa shape index (κ3) is 8.12. The molecule has 1 aromatic carbocycles. The molecular formula is C40H51NO14. The lowest BCUT2D eigenvalue weighted by Crippen LogP contribution is -2.53. The van der Waals surface area contributed by atoms with Crippen molar-refractivity contribution < 1.29 is 68.8 Å². The van der Waals surface area contributed by atoms with Crippen molar-refractivity contribution in [2.75, 3.05) is 19.2 Å². The first-order valence-electron chi connectivity index (χ1n) is 17.8. The van der Waals surface area contributed by atoms with Gasteiger partial charge in [-0.2, -0.15) is 0 Å². The number of amides is 1. The van der Waals surface area contributed by atoms with E-state index in [1.54, 1.807) is 13.0 Å². The molecular weight excluding hydrogens is 718 g/mol. The molecule has 7 N–H and O–H groups in total. The number of carbonyl (C=O) groups is 4. The predicted molar refractivity (Wildman–Crippen MR) is 198 cm³/mol. The third-order valence-corrected chi connectivity index (χ3v) is 10.6. The summed E-state index contributed by atoms with van der Waals surface area (Å²) in [5.74, 6) is -8.68. The van der Waals surface area contributed by atoms with Crippen LogP contribution in [0.25, 0.3) is 5.57 Å². The van der Waals surface area contributed by atoms with Crippen LogP contribution >= 0.6 is 0 Å². The number of methoxy groups -OCH3 is 1. The topological polar surface area (TPSA) is 239 Å². The first-order valence-corrected chi connectivity index (χ1v) is 17.8. The number of aliphatic hydroxyl groups excluding tert-OH is 4. The zero-order chi connectivity index (χ0) is 41.4. The molecule has 1 aromatic rings. The number of esters is 2. The number of Topliss-reactive ketones (excluding diaryl/α,β-unsaturated/α-hetero) is 1. The Morgan fingerprint density at radius 2 is 1.51 bits per heavy atom. The van der Waals surface area contributed by atoms with Crippen molar-refractivity contribution in [2.24, 2.45) is 23.7 Å². The molecule has 55 heavy (non-hydrogen) atoms. The van der Waals surface area contributed by atoms with Gasteiger partial charge in [-0.25, -0.2) is 0 Å². The average molecular weight is 770 g/mol. The fraction of sp³-hybridized carbons (Fsp3) is 0.500. The van der Waals surface area contributed by atoms with Crippen molar-refractivity contribution in [3.05, 3.63) is 69.2 Å². The predicted octanol–water partition coefficient (Wildman–Crippen LogP) is 3.10. The molecule has 3 aliphatic heterocycles. The quantitative estimate of drug-likeness (QED) is 0.130. The van der Waals surface area contributed by atoms with Gasteiger partial charge in [-0.1, -0.05) is 39.0 Å². The van der Waals surface area contributed by atoms with Gasteiger partial charge in [-0.3, -0.25) is 19.2 Å². The number of phenols is 1. The molecule has 0 saturated carbocycles. The van der Waals surface area contributed by atoms with E-state index in [1.165, 1.54) is 66.7 Å². The summed E-state index contributed by atoms with van der Waals surface area (Å²) >= 11 is 0. The van der Waals surface area contributed by atoms with Crippen LogP contribution in [0, 0.1) is 30.6 Å². The van der Waals surface area contributed by atoms with E-state index in [0.717, 1.165) is 14.0 Å². The number of hydrogen-bond acceptors (Lipinski definition) is 14. The van der Waals surface area contributed by atoms with E-state index < -0.39 is 89.9 Å². The number of benzene rings is 1. The number of phenolic OH excluding ortho intramolecular Hbond substituents is 1. The Balaban J connectivity index is 2.07. The fourth-order valence-corrected chi connectivity index (χ4v) is 7.28. The minimum atomic E-state index is -2.17. The van der Waals surface area contributed by atoms with Crippen LogP contribution in [-0.2, 0) is 28.6 Å². The highest BCUT2D eigenvalue weighted by molar-refractivity contribution is 6.21. The highest BCUT2D eigenvalue weighted by Crippen LogP contribution is 2.53. The highest BCUT2D eigenvalue weighted by Gasteiger charge is 2.47. The maximum atomic E-state index is 14.0. The van der Waals surface area contributed by atoms with E-state index in [2.05, 4.69) is 5.32 Å². The Hall–Kier alpha value is -4.80. The Morgan fingerprint density at radius 3 is 2.11 bits per heavy atom. The second kappa shape index (κ2) is 16.5. The molecule has 3 heterocycles. The molecule has 0 saturated heterocycles. The van der Waals surface area contributed by atoms with Gasteiger partial charge in [0.15, 0.2) is 11.5 Å². The monoisotopic (exact) mass is 769 g/mol. The Bertz CT molecular complexity index is 1920. The lowest BCUT2D eigenvalue weighted by molar-refractivity contribution is -0.168. The summed E-state index contributed by atoms with van der Waals surface area (Å²) in [6.07, 6.45) is -0.878. The van der Waals surface area contributed by atoms with Gasteiger partial charge in [0.2, 0.25) is 6.79 Å². The maximum Gasteiger partial charge on any atom is 0.313 e. The number of rotatable bonds is 2. The molecule has 0 aromatic heterocycles. The van der Waals surface area contributed by atoms with Crippen LogP contribution in [-0.4, -0.2) is 98.2 Å². The molecule has 1 amide bonds. The van der Waals surface area contributed by atoms with Crippen molar-refractivity contribution in [2.45, 2.75) is 92.3 Å². The molecule has 0 unspecified atom stereocenters. The number of carbonyl (C=O) groups excluding carboxylic acids is 4. The largest absolute Gasteiger partial charge is 0.505 e. The van der Waals surface area contributed by atoms with E-state index in [4.69, 9.17) is 18.9 Å². The van der Waals surface area contributed by atoms with Gasteiger partial charge < -0.3 is 54.9 Å². The van der Waals surface area contributed by atoms with Crippen LogP contribution in [0.5, 0.6) is 11.5 Å². The average Bonchev–Trinajstić information content (AvgIpc) is 3.13. The molecule has 15 heteroatoms. The summed E-state index contributed by atoms with van der Waals surface area (Å²) in [6.45, 7) is 12.3. The van der Waals surface area contributed by atoms with E-state index in [1.807, 2.05) is 0 Å². The zero-order valence-electron chi connectivity index (χ0n) is 32.6. The Labute approximate surface area is 319 Å². The summed E-state index contributed by atoms with van der Waals surface area (Å²) in [4.78, 5) is 53.0. The molecule has 4 bridgehead atoms. The zero-order valence-corrected chi connectivity index (χ0v) is 32.6. The molecule has 1 aliphatic carbocycles. The summed E-state index contributed by atoms with van der Waals surface area (Å²) in [5.41, 5.74) is -2.34.